The van der Waals surface area contributed by atoms with Gasteiger partial charge in [0.15, 0.2) is 5.69 Å². The van der Waals surface area contributed by atoms with E-state index in [9.17, 15) is 4.79 Å². The maximum Gasteiger partial charge on any atom is 0.272 e. The van der Waals surface area contributed by atoms with E-state index in [1.165, 1.54) is 4.88 Å². The zero-order valence-corrected chi connectivity index (χ0v) is 11.7. The molecule has 1 amide bonds. The minimum Gasteiger partial charge on any atom is -0.472 e. The number of furan rings is 1. The van der Waals surface area contributed by atoms with Gasteiger partial charge in [-0.15, -0.1) is 11.3 Å². The van der Waals surface area contributed by atoms with Crippen LogP contribution >= 0.6 is 11.3 Å². The van der Waals surface area contributed by atoms with Gasteiger partial charge in [-0.2, -0.15) is 5.10 Å². The smallest absolute Gasteiger partial charge is 0.272 e. The van der Waals surface area contributed by atoms with E-state index in [0.29, 0.717) is 12.2 Å². The van der Waals surface area contributed by atoms with Crippen molar-refractivity contribution in [2.24, 2.45) is 0 Å². The molecule has 5 nitrogen and oxygen atoms in total. The highest BCUT2D eigenvalue weighted by Crippen LogP contribution is 2.26. The highest BCUT2D eigenvalue weighted by atomic mass is 32.1. The summed E-state index contributed by atoms with van der Waals surface area (Å²) in [6, 6.07) is 7.63. The van der Waals surface area contributed by atoms with Crippen LogP contribution in [-0.2, 0) is 6.54 Å². The first-order chi connectivity index (χ1) is 9.72. The molecule has 0 aromatic carbocycles. The third-order valence-corrected chi connectivity index (χ3v) is 3.88. The number of hydrogen-bond donors (Lipinski definition) is 2. The summed E-state index contributed by atoms with van der Waals surface area (Å²) in [5, 5.41) is 9.73. The van der Waals surface area contributed by atoms with Gasteiger partial charge in [0, 0.05) is 17.0 Å². The van der Waals surface area contributed by atoms with Gasteiger partial charge in [0.25, 0.3) is 5.91 Å². The van der Waals surface area contributed by atoms with E-state index in [1.807, 2.05) is 25.1 Å². The molecule has 20 heavy (non-hydrogen) atoms. The topological polar surface area (TPSA) is 70.9 Å². The fraction of sp³-hybridized carbons (Fsp3) is 0.143. The quantitative estimate of drug-likeness (QED) is 0.775. The van der Waals surface area contributed by atoms with E-state index in [0.717, 1.165) is 16.1 Å². The molecule has 0 aliphatic heterocycles. The summed E-state index contributed by atoms with van der Waals surface area (Å²) in [5.41, 5.74) is 2.16. The summed E-state index contributed by atoms with van der Waals surface area (Å²) in [6.45, 7) is 2.47. The van der Waals surface area contributed by atoms with Crippen molar-refractivity contribution in [2.75, 3.05) is 0 Å². The van der Waals surface area contributed by atoms with E-state index < -0.39 is 0 Å². The maximum atomic E-state index is 12.0. The summed E-state index contributed by atoms with van der Waals surface area (Å²) >= 11 is 1.66. The largest absolute Gasteiger partial charge is 0.472 e. The van der Waals surface area contributed by atoms with Crippen molar-refractivity contribution in [2.45, 2.75) is 13.5 Å². The minimum absolute atomic E-state index is 0.207. The number of nitrogens with one attached hydrogen (secondary N) is 2. The van der Waals surface area contributed by atoms with Crippen LogP contribution in [0.15, 0.2) is 41.2 Å². The number of hydrogen-bond acceptors (Lipinski definition) is 4. The number of carbonyl (C=O) groups is 1. The Hall–Kier alpha value is -2.34. The van der Waals surface area contributed by atoms with Gasteiger partial charge in [-0.05, 0) is 31.2 Å². The van der Waals surface area contributed by atoms with Crippen molar-refractivity contribution in [3.8, 4) is 10.6 Å². The number of rotatable bonds is 4. The van der Waals surface area contributed by atoms with Crippen molar-refractivity contribution >= 4 is 17.2 Å². The molecule has 0 aliphatic rings. The molecule has 3 aromatic rings. The highest BCUT2D eigenvalue weighted by molar-refractivity contribution is 7.15. The number of nitrogens with zero attached hydrogens (tertiary/aromatic N) is 1. The van der Waals surface area contributed by atoms with Crippen molar-refractivity contribution in [1.82, 2.24) is 15.5 Å². The molecule has 0 unspecified atom stereocenters. The molecule has 0 saturated heterocycles. The second-order valence-corrected chi connectivity index (χ2v) is 5.68. The molecule has 3 aromatic heterocycles. The lowest BCUT2D eigenvalue weighted by Gasteiger charge is -1.99. The van der Waals surface area contributed by atoms with Crippen molar-refractivity contribution in [3.05, 3.63) is 52.9 Å². The number of amides is 1. The number of H-pyrrole nitrogens is 1. The van der Waals surface area contributed by atoms with Crippen LogP contribution in [0.25, 0.3) is 10.6 Å². The van der Waals surface area contributed by atoms with Crippen LogP contribution in [-0.4, -0.2) is 16.1 Å². The van der Waals surface area contributed by atoms with Gasteiger partial charge < -0.3 is 9.73 Å². The molecule has 0 spiro atoms. The standard InChI is InChI=1S/C14H13N3O2S/c1-9-2-3-13(20-9)11-6-12(17-16-11)14(18)15-7-10-4-5-19-8-10/h2-6,8H,7H2,1H3,(H,15,18)(H,16,17). The fourth-order valence-electron chi connectivity index (χ4n) is 1.81. The normalized spacial score (nSPS) is 10.7. The van der Waals surface area contributed by atoms with Gasteiger partial charge in [0.05, 0.1) is 23.1 Å². The molecule has 3 heterocycles. The summed E-state index contributed by atoms with van der Waals surface area (Å²) in [6.07, 6.45) is 3.18. The molecular formula is C14H13N3O2S. The summed E-state index contributed by atoms with van der Waals surface area (Å²) in [5.74, 6) is -0.207. The number of thiophene rings is 1. The molecule has 0 saturated carbocycles. The number of aryl methyl sites for hydroxylation is 1. The molecule has 3 rings (SSSR count). The van der Waals surface area contributed by atoms with Gasteiger partial charge in [-0.3, -0.25) is 9.89 Å². The summed E-state index contributed by atoms with van der Waals surface area (Å²) in [4.78, 5) is 14.3. The summed E-state index contributed by atoms with van der Waals surface area (Å²) < 4.78 is 4.95. The van der Waals surface area contributed by atoms with E-state index >= 15 is 0 Å². The predicted molar refractivity (Wildman–Crippen MR) is 76.5 cm³/mol. The number of carbonyl (C=O) groups excluding carboxylic acids is 1. The Morgan fingerprint density at radius 3 is 3.05 bits per heavy atom. The second kappa shape index (κ2) is 5.34. The Morgan fingerprint density at radius 2 is 2.35 bits per heavy atom. The van der Waals surface area contributed by atoms with Crippen molar-refractivity contribution in [1.29, 1.82) is 0 Å². The first kappa shape index (κ1) is 12.7. The Kier molecular flexibility index (Phi) is 3.39. The third-order valence-electron chi connectivity index (χ3n) is 2.85. The van der Waals surface area contributed by atoms with Crippen molar-refractivity contribution in [3.63, 3.8) is 0 Å². The predicted octanol–water partition coefficient (Wildman–Crippen LogP) is 2.97. The van der Waals surface area contributed by atoms with E-state index in [-0.39, 0.29) is 5.91 Å². The van der Waals surface area contributed by atoms with Gasteiger partial charge in [0.2, 0.25) is 0 Å². The molecule has 0 aliphatic carbocycles. The Balaban J connectivity index is 1.68. The molecule has 102 valence electrons. The van der Waals surface area contributed by atoms with Crippen LogP contribution in [0.3, 0.4) is 0 Å². The zero-order chi connectivity index (χ0) is 13.9. The van der Waals surface area contributed by atoms with Crippen LogP contribution in [0.4, 0.5) is 0 Å². The number of aromatic nitrogens is 2. The fourth-order valence-corrected chi connectivity index (χ4v) is 2.64. The van der Waals surface area contributed by atoms with Crippen LogP contribution in [0.1, 0.15) is 20.9 Å². The Labute approximate surface area is 119 Å². The lowest BCUT2D eigenvalue weighted by molar-refractivity contribution is 0.0946. The number of aromatic amines is 1. The van der Waals surface area contributed by atoms with Crippen molar-refractivity contribution < 1.29 is 9.21 Å². The lowest BCUT2D eigenvalue weighted by Crippen LogP contribution is -2.22. The van der Waals surface area contributed by atoms with E-state index in [1.54, 1.807) is 29.9 Å². The molecule has 0 atom stereocenters. The molecule has 0 fully saturated rings. The molecule has 0 bridgehead atoms. The molecule has 6 heteroatoms. The zero-order valence-electron chi connectivity index (χ0n) is 10.8. The monoisotopic (exact) mass is 287 g/mol. The molecule has 2 N–H and O–H groups in total. The minimum atomic E-state index is -0.207. The lowest BCUT2D eigenvalue weighted by atomic mass is 10.3. The van der Waals surface area contributed by atoms with Gasteiger partial charge in [0.1, 0.15) is 0 Å². The summed E-state index contributed by atoms with van der Waals surface area (Å²) in [7, 11) is 0. The van der Waals surface area contributed by atoms with Gasteiger partial charge in [-0.25, -0.2) is 0 Å². The van der Waals surface area contributed by atoms with Gasteiger partial charge in [-0.1, -0.05) is 0 Å². The van der Waals surface area contributed by atoms with Crippen LogP contribution in [0.2, 0.25) is 0 Å². The molecule has 0 radical (unpaired) electrons. The molecular weight excluding hydrogens is 274 g/mol. The SMILES string of the molecule is Cc1ccc(-c2cc(C(=O)NCc3ccoc3)n[nH]2)s1. The van der Waals surface area contributed by atoms with E-state index in [4.69, 9.17) is 4.42 Å². The second-order valence-electron chi connectivity index (χ2n) is 4.39. The first-order valence-electron chi connectivity index (χ1n) is 6.14. The van der Waals surface area contributed by atoms with Crippen LogP contribution < -0.4 is 5.32 Å². The first-order valence-corrected chi connectivity index (χ1v) is 6.95. The maximum absolute atomic E-state index is 12.0. The Bertz CT molecular complexity index is 712. The Morgan fingerprint density at radius 1 is 1.45 bits per heavy atom. The average Bonchev–Trinajstić information content (AvgIpc) is 3.16. The highest BCUT2D eigenvalue weighted by Gasteiger charge is 2.12. The third kappa shape index (κ3) is 2.65. The van der Waals surface area contributed by atoms with Crippen LogP contribution in [0, 0.1) is 6.92 Å². The van der Waals surface area contributed by atoms with E-state index in [2.05, 4.69) is 15.5 Å². The van der Waals surface area contributed by atoms with Crippen LogP contribution in [0.5, 0.6) is 0 Å². The van der Waals surface area contributed by atoms with Gasteiger partial charge >= 0.3 is 0 Å². The average molecular weight is 287 g/mol.